The quantitative estimate of drug-likeness (QED) is 0.454. The molecule has 0 bridgehead atoms. The molecule has 3 unspecified atom stereocenters. The molecular formula is C9H12F8O6S2. The molecule has 0 heterocycles. The van der Waals surface area contributed by atoms with E-state index in [1.807, 2.05) is 0 Å². The van der Waals surface area contributed by atoms with Gasteiger partial charge in [0.1, 0.15) is 0 Å². The third kappa shape index (κ3) is 4.91. The Morgan fingerprint density at radius 1 is 0.760 bits per heavy atom. The highest BCUT2D eigenvalue weighted by Crippen LogP contribution is 2.40. The van der Waals surface area contributed by atoms with Gasteiger partial charge in [0, 0.05) is 0 Å². The van der Waals surface area contributed by atoms with Gasteiger partial charge in [-0.05, 0) is 20.8 Å². The summed E-state index contributed by atoms with van der Waals surface area (Å²) in [6.45, 7) is -1.91. The fourth-order valence-electron chi connectivity index (χ4n) is 0.914. The Balaban J connectivity index is 5.21. The lowest BCUT2D eigenvalue weighted by Crippen LogP contribution is -2.48. The van der Waals surface area contributed by atoms with Crippen LogP contribution in [0.2, 0.25) is 0 Å². The highest BCUT2D eigenvalue weighted by atomic mass is 32.2. The standard InChI is InChI=1S/C9H12F8O6S2/c1-5(23-25(20,21)7(3,11)9(15,16)17)4-22-24(18,19)6(2,10)8(12,13)14/h5H,4H2,1-3H3. The average molecular weight is 432 g/mol. The number of alkyl halides is 8. The topological polar surface area (TPSA) is 86.7 Å². The molecule has 0 aromatic carbocycles. The highest BCUT2D eigenvalue weighted by molar-refractivity contribution is 7.88. The van der Waals surface area contributed by atoms with Crippen LogP contribution in [0.5, 0.6) is 0 Å². The molecule has 152 valence electrons. The second-order valence-corrected chi connectivity index (χ2v) is 8.71. The summed E-state index contributed by atoms with van der Waals surface area (Å²) in [5.74, 6) is 0. The smallest absolute Gasteiger partial charge is 0.265 e. The summed E-state index contributed by atoms with van der Waals surface area (Å²) < 4.78 is 152. The van der Waals surface area contributed by atoms with Gasteiger partial charge in [-0.15, -0.1) is 0 Å². The van der Waals surface area contributed by atoms with Gasteiger partial charge in [0.05, 0.1) is 12.7 Å². The van der Waals surface area contributed by atoms with Crippen molar-refractivity contribution in [3.63, 3.8) is 0 Å². The number of hydrogen-bond donors (Lipinski definition) is 0. The summed E-state index contributed by atoms with van der Waals surface area (Å²) >= 11 is 0. The summed E-state index contributed by atoms with van der Waals surface area (Å²) in [5.41, 5.74) is 0. The molecule has 0 rings (SSSR count). The normalized spacial score (nSPS) is 20.6. The van der Waals surface area contributed by atoms with E-state index in [9.17, 15) is 52.0 Å². The monoisotopic (exact) mass is 432 g/mol. The second-order valence-electron chi connectivity index (χ2n) is 4.93. The molecule has 0 N–H and O–H groups in total. The summed E-state index contributed by atoms with van der Waals surface area (Å²) in [4.78, 5) is 0. The van der Waals surface area contributed by atoms with Crippen LogP contribution in [0, 0.1) is 0 Å². The predicted molar refractivity (Wildman–Crippen MR) is 65.5 cm³/mol. The molecule has 25 heavy (non-hydrogen) atoms. The Morgan fingerprint density at radius 2 is 1.08 bits per heavy atom. The van der Waals surface area contributed by atoms with Crippen LogP contribution in [0.15, 0.2) is 0 Å². The van der Waals surface area contributed by atoms with E-state index in [0.29, 0.717) is 6.92 Å². The van der Waals surface area contributed by atoms with Gasteiger partial charge in [-0.1, -0.05) is 0 Å². The van der Waals surface area contributed by atoms with E-state index in [4.69, 9.17) is 0 Å². The van der Waals surface area contributed by atoms with Crippen LogP contribution in [-0.4, -0.2) is 51.9 Å². The fourth-order valence-corrected chi connectivity index (χ4v) is 2.74. The van der Waals surface area contributed by atoms with Gasteiger partial charge in [0.15, 0.2) is 0 Å². The zero-order valence-electron chi connectivity index (χ0n) is 12.6. The van der Waals surface area contributed by atoms with Crippen molar-refractivity contribution in [2.45, 2.75) is 49.2 Å². The molecule has 0 amide bonds. The van der Waals surface area contributed by atoms with Crippen LogP contribution < -0.4 is 0 Å². The van der Waals surface area contributed by atoms with Gasteiger partial charge < -0.3 is 0 Å². The first-order chi connectivity index (χ1) is 10.6. The predicted octanol–water partition coefficient (Wildman–Crippen LogP) is 2.56. The molecule has 16 heteroatoms. The molecule has 0 radical (unpaired) electrons. The minimum atomic E-state index is -6.03. The van der Waals surface area contributed by atoms with Gasteiger partial charge in [-0.25, -0.2) is 8.78 Å². The molecule has 0 saturated carbocycles. The lowest BCUT2D eigenvalue weighted by Gasteiger charge is -2.26. The van der Waals surface area contributed by atoms with E-state index >= 15 is 0 Å². The zero-order valence-corrected chi connectivity index (χ0v) is 14.2. The zero-order chi connectivity index (χ0) is 20.7. The van der Waals surface area contributed by atoms with Crippen molar-refractivity contribution in [2.24, 2.45) is 0 Å². The number of hydrogen-bond acceptors (Lipinski definition) is 6. The maximum absolute atomic E-state index is 13.3. The lowest BCUT2D eigenvalue weighted by molar-refractivity contribution is -0.195. The Morgan fingerprint density at radius 3 is 1.40 bits per heavy atom. The van der Waals surface area contributed by atoms with E-state index in [1.54, 1.807) is 0 Å². The summed E-state index contributed by atoms with van der Waals surface area (Å²) in [7, 11) is -12.0. The van der Waals surface area contributed by atoms with Crippen LogP contribution in [0.3, 0.4) is 0 Å². The highest BCUT2D eigenvalue weighted by Gasteiger charge is 2.64. The van der Waals surface area contributed by atoms with Crippen LogP contribution >= 0.6 is 0 Å². The Kier molecular flexibility index (Phi) is 6.57. The first-order valence-corrected chi connectivity index (χ1v) is 8.75. The van der Waals surface area contributed by atoms with Crippen LogP contribution in [0.4, 0.5) is 35.1 Å². The van der Waals surface area contributed by atoms with Gasteiger partial charge in [0.25, 0.3) is 0 Å². The molecule has 6 nitrogen and oxygen atoms in total. The molecule has 3 atom stereocenters. The Hall–Kier alpha value is -0.740. The van der Waals surface area contributed by atoms with E-state index in [-0.39, 0.29) is 0 Å². The molecular weight excluding hydrogens is 420 g/mol. The maximum atomic E-state index is 13.3. The molecule has 0 fully saturated rings. The Bertz CT molecular complexity index is 676. The van der Waals surface area contributed by atoms with Crippen molar-refractivity contribution in [2.75, 3.05) is 6.61 Å². The van der Waals surface area contributed by atoms with E-state index < -0.39 is 69.1 Å². The second kappa shape index (κ2) is 6.77. The average Bonchev–Trinajstić information content (AvgIpc) is 2.32. The van der Waals surface area contributed by atoms with Gasteiger partial charge in [-0.2, -0.15) is 43.2 Å². The van der Waals surface area contributed by atoms with Crippen molar-refractivity contribution in [3.05, 3.63) is 0 Å². The van der Waals surface area contributed by atoms with E-state index in [1.165, 1.54) is 0 Å². The van der Waals surface area contributed by atoms with Crippen LogP contribution in [-0.2, 0) is 28.6 Å². The van der Waals surface area contributed by atoms with Gasteiger partial charge >= 0.3 is 42.6 Å². The first kappa shape index (κ1) is 24.3. The summed E-state index contributed by atoms with van der Waals surface area (Å²) in [6, 6.07) is 0. The largest absolute Gasteiger partial charge is 0.439 e. The van der Waals surface area contributed by atoms with Crippen LogP contribution in [0.25, 0.3) is 0 Å². The lowest BCUT2D eigenvalue weighted by atomic mass is 10.4. The fraction of sp³-hybridized carbons (Fsp3) is 1.00. The van der Waals surface area contributed by atoms with Crippen molar-refractivity contribution in [1.82, 2.24) is 0 Å². The van der Waals surface area contributed by atoms with Crippen LogP contribution in [0.1, 0.15) is 20.8 Å². The first-order valence-electron chi connectivity index (χ1n) is 5.93. The number of rotatable bonds is 7. The SMILES string of the molecule is CC(COS(=O)(=O)C(C)(F)C(F)(F)F)OS(=O)(=O)C(C)(F)C(F)(F)F. The summed E-state index contributed by atoms with van der Waals surface area (Å²) in [6.07, 6.45) is -14.0. The molecule has 0 aliphatic carbocycles. The third-order valence-corrected chi connectivity index (χ3v) is 6.07. The molecule has 0 spiro atoms. The molecule has 0 saturated heterocycles. The molecule has 0 aliphatic rings. The van der Waals surface area contributed by atoms with Crippen molar-refractivity contribution < 1.29 is 60.3 Å². The summed E-state index contributed by atoms with van der Waals surface area (Å²) in [5, 5.41) is -9.78. The molecule has 0 aromatic rings. The maximum Gasteiger partial charge on any atom is 0.439 e. The van der Waals surface area contributed by atoms with Crippen molar-refractivity contribution in [1.29, 1.82) is 0 Å². The molecule has 0 aromatic heterocycles. The van der Waals surface area contributed by atoms with E-state index in [0.717, 1.165) is 0 Å². The minimum Gasteiger partial charge on any atom is -0.265 e. The van der Waals surface area contributed by atoms with Crippen molar-refractivity contribution >= 4 is 20.2 Å². The third-order valence-electron chi connectivity index (χ3n) is 2.70. The van der Waals surface area contributed by atoms with Gasteiger partial charge in [-0.3, -0.25) is 8.37 Å². The Labute approximate surface area is 137 Å². The van der Waals surface area contributed by atoms with E-state index in [2.05, 4.69) is 8.37 Å². The molecule has 0 aliphatic heterocycles. The minimum absolute atomic E-state index is 0.408. The number of halogens is 8. The van der Waals surface area contributed by atoms with Gasteiger partial charge in [0.2, 0.25) is 0 Å². The van der Waals surface area contributed by atoms with Crippen molar-refractivity contribution in [3.8, 4) is 0 Å².